The molecule has 2 aliphatic carbocycles. The van der Waals surface area contributed by atoms with E-state index in [1.54, 1.807) is 25.1 Å². The molecule has 3 aliphatic rings. The van der Waals surface area contributed by atoms with Crippen LogP contribution >= 0.6 is 0 Å². The molecule has 0 radical (unpaired) electrons. The minimum atomic E-state index is -4.59. The van der Waals surface area contributed by atoms with Gasteiger partial charge >= 0.3 is 6.18 Å². The minimum Gasteiger partial charge on any atom is -0.495 e. The lowest BCUT2D eigenvalue weighted by molar-refractivity contribution is -0.138. The average Bonchev–Trinajstić information content (AvgIpc) is 3.71. The smallest absolute Gasteiger partial charge is 0.419 e. The van der Waals surface area contributed by atoms with Gasteiger partial charge < -0.3 is 25.2 Å². The van der Waals surface area contributed by atoms with Crippen LogP contribution in [0.25, 0.3) is 0 Å². The predicted molar refractivity (Wildman–Crippen MR) is 165 cm³/mol. The van der Waals surface area contributed by atoms with Crippen molar-refractivity contribution in [2.24, 2.45) is 11.3 Å². The molecule has 2 amide bonds. The van der Waals surface area contributed by atoms with Crippen molar-refractivity contribution in [3.63, 3.8) is 0 Å². The van der Waals surface area contributed by atoms with Crippen LogP contribution in [0.3, 0.4) is 0 Å². The van der Waals surface area contributed by atoms with Gasteiger partial charge in [0.25, 0.3) is 5.91 Å². The summed E-state index contributed by atoms with van der Waals surface area (Å²) in [4.78, 5) is 37.6. The highest BCUT2D eigenvalue weighted by atomic mass is 19.4. The van der Waals surface area contributed by atoms with Crippen molar-refractivity contribution in [3.8, 4) is 5.75 Å². The summed E-state index contributed by atoms with van der Waals surface area (Å²) in [5, 5.41) is 6.10. The van der Waals surface area contributed by atoms with Gasteiger partial charge in [0.1, 0.15) is 5.75 Å². The molecule has 1 aromatic carbocycles. The number of benzene rings is 1. The molecule has 12 heteroatoms. The number of alkyl halides is 3. The third kappa shape index (κ3) is 7.37. The van der Waals surface area contributed by atoms with E-state index in [1.165, 1.54) is 7.11 Å². The number of piperidine rings is 1. The molecular formula is C33H45F3N6O3. The summed E-state index contributed by atoms with van der Waals surface area (Å²) in [7, 11) is 3.30. The highest BCUT2D eigenvalue weighted by Crippen LogP contribution is 2.64. The van der Waals surface area contributed by atoms with E-state index in [0.29, 0.717) is 23.4 Å². The second-order valence-corrected chi connectivity index (χ2v) is 12.8. The molecule has 2 N–H and O–H groups in total. The molecule has 0 bridgehead atoms. The Morgan fingerprint density at radius 1 is 1.18 bits per heavy atom. The van der Waals surface area contributed by atoms with E-state index in [1.807, 2.05) is 11.9 Å². The highest BCUT2D eigenvalue weighted by Gasteiger charge is 2.60. The Kier molecular flexibility index (Phi) is 9.91. The van der Waals surface area contributed by atoms with Crippen molar-refractivity contribution >= 4 is 23.5 Å². The lowest BCUT2D eigenvalue weighted by Crippen LogP contribution is -2.44. The van der Waals surface area contributed by atoms with Crippen molar-refractivity contribution in [3.05, 3.63) is 41.2 Å². The van der Waals surface area contributed by atoms with Gasteiger partial charge in [0, 0.05) is 50.9 Å². The molecule has 1 saturated heterocycles. The topological polar surface area (TPSA) is 99.7 Å². The summed E-state index contributed by atoms with van der Waals surface area (Å²) in [5.41, 5.74) is -0.0426. The largest absolute Gasteiger partial charge is 0.495 e. The molecule has 1 aromatic heterocycles. The van der Waals surface area contributed by atoms with Gasteiger partial charge in [-0.2, -0.15) is 13.2 Å². The predicted octanol–water partition coefficient (Wildman–Crippen LogP) is 5.82. The number of amides is 2. The van der Waals surface area contributed by atoms with Gasteiger partial charge in [0.15, 0.2) is 0 Å². The van der Waals surface area contributed by atoms with E-state index in [0.717, 1.165) is 70.8 Å². The zero-order valence-corrected chi connectivity index (χ0v) is 26.7. The number of methoxy groups -OCH3 is 1. The first-order chi connectivity index (χ1) is 21.4. The summed E-state index contributed by atoms with van der Waals surface area (Å²) < 4.78 is 47.5. The number of hydrogen-bond acceptors (Lipinski definition) is 7. The number of nitrogens with zero attached hydrogens (tertiary/aromatic N) is 4. The second-order valence-electron chi connectivity index (χ2n) is 12.8. The molecule has 5 rings (SSSR count). The zero-order chi connectivity index (χ0) is 32.4. The van der Waals surface area contributed by atoms with Crippen LogP contribution in [0.5, 0.6) is 5.75 Å². The van der Waals surface area contributed by atoms with Crippen molar-refractivity contribution in [2.75, 3.05) is 39.1 Å². The number of halogens is 3. The molecule has 2 saturated carbocycles. The molecule has 246 valence electrons. The Bertz CT molecular complexity index is 1380. The first kappa shape index (κ1) is 33.0. The summed E-state index contributed by atoms with van der Waals surface area (Å²) in [5.74, 6) is 0.444. The molecule has 3 atom stereocenters. The number of carbonyl (C=O) groups excluding carboxylic acids is 2. The number of rotatable bonds is 10. The van der Waals surface area contributed by atoms with Gasteiger partial charge in [-0.3, -0.25) is 9.59 Å². The monoisotopic (exact) mass is 630 g/mol. The summed E-state index contributed by atoms with van der Waals surface area (Å²) >= 11 is 0. The van der Waals surface area contributed by atoms with Gasteiger partial charge in [-0.15, -0.1) is 0 Å². The maximum atomic E-state index is 14.0. The number of likely N-dealkylation sites (tertiary alicyclic amines) is 1. The number of aryl methyl sites for hydroxylation is 1. The number of anilines is 2. The van der Waals surface area contributed by atoms with Crippen LogP contribution in [-0.4, -0.2) is 77.5 Å². The number of aromatic nitrogens is 2. The van der Waals surface area contributed by atoms with Gasteiger partial charge in [-0.25, -0.2) is 9.97 Å². The lowest BCUT2D eigenvalue weighted by atomic mass is 9.78. The van der Waals surface area contributed by atoms with Crippen molar-refractivity contribution in [1.29, 1.82) is 0 Å². The second kappa shape index (κ2) is 13.5. The van der Waals surface area contributed by atoms with E-state index in [-0.39, 0.29) is 53.3 Å². The number of carbonyl (C=O) groups is 2. The van der Waals surface area contributed by atoms with Crippen molar-refractivity contribution in [1.82, 2.24) is 25.1 Å². The van der Waals surface area contributed by atoms with Gasteiger partial charge in [0.2, 0.25) is 11.9 Å². The quantitative estimate of drug-likeness (QED) is 0.341. The molecule has 3 fully saturated rings. The Balaban J connectivity index is 1.28. The van der Waals surface area contributed by atoms with E-state index in [2.05, 4.69) is 32.4 Å². The van der Waals surface area contributed by atoms with E-state index in [4.69, 9.17) is 4.74 Å². The standard InChI is InChI=1S/C33H45F3N6O3/c1-5-42-16-13-24(14-17-42)38-30(44)22-9-11-27(28(18-22)45-4)40-31-37-20-25(33(34,35)36)26(39-31)12-10-23-19-32(23)15-7-6-8-29(32)41(3)21(2)43/h9,11,18,20,23-24,29H,5-8,10,12-17,19H2,1-4H3,(H,38,44)(H,37,39,40)/t23-,29?,32-/m0/s1. The maximum absolute atomic E-state index is 14.0. The van der Waals surface area contributed by atoms with Crippen molar-refractivity contribution in [2.45, 2.75) is 89.9 Å². The van der Waals surface area contributed by atoms with Crippen LogP contribution in [0.15, 0.2) is 24.4 Å². The normalized spacial score (nSPS) is 23.9. The van der Waals surface area contributed by atoms with Crippen LogP contribution < -0.4 is 15.4 Å². The summed E-state index contributed by atoms with van der Waals surface area (Å²) in [6.07, 6.45) is 3.73. The highest BCUT2D eigenvalue weighted by molar-refractivity contribution is 5.95. The summed E-state index contributed by atoms with van der Waals surface area (Å²) in [6.45, 7) is 6.59. The van der Waals surface area contributed by atoms with Gasteiger partial charge in [-0.1, -0.05) is 19.8 Å². The van der Waals surface area contributed by atoms with E-state index >= 15 is 0 Å². The molecule has 1 unspecified atom stereocenters. The Morgan fingerprint density at radius 3 is 2.60 bits per heavy atom. The molecule has 1 aliphatic heterocycles. The fraction of sp³-hybridized carbons (Fsp3) is 0.636. The molecule has 9 nitrogen and oxygen atoms in total. The van der Waals surface area contributed by atoms with Gasteiger partial charge in [-0.05, 0) is 81.0 Å². The average molecular weight is 631 g/mol. The van der Waals surface area contributed by atoms with Crippen LogP contribution in [0.4, 0.5) is 24.8 Å². The fourth-order valence-electron chi connectivity index (χ4n) is 7.48. The number of hydrogen-bond donors (Lipinski definition) is 2. The molecule has 2 heterocycles. The molecule has 2 aromatic rings. The molecule has 1 spiro atoms. The third-order valence-corrected chi connectivity index (χ3v) is 10.3. The SMILES string of the molecule is CCN1CCC(NC(=O)c2ccc(Nc3ncc(C(F)(F)F)c(CC[C@H]4C[C@@]45CCCCC5N(C)C(C)=O)n3)c(OC)c2)CC1. The van der Waals surface area contributed by atoms with Crippen molar-refractivity contribution < 1.29 is 27.5 Å². The zero-order valence-electron chi connectivity index (χ0n) is 26.7. The minimum absolute atomic E-state index is 0.0145. The number of nitrogens with one attached hydrogen (secondary N) is 2. The first-order valence-corrected chi connectivity index (χ1v) is 16.1. The van der Waals surface area contributed by atoms with Crippen LogP contribution in [0, 0.1) is 11.3 Å². The van der Waals surface area contributed by atoms with E-state index in [9.17, 15) is 22.8 Å². The lowest BCUT2D eigenvalue weighted by Gasteiger charge is -2.39. The fourth-order valence-corrected chi connectivity index (χ4v) is 7.48. The number of ether oxygens (including phenoxy) is 1. The van der Waals surface area contributed by atoms with Crippen LogP contribution in [0.2, 0.25) is 0 Å². The molecule has 45 heavy (non-hydrogen) atoms. The first-order valence-electron chi connectivity index (χ1n) is 16.1. The third-order valence-electron chi connectivity index (χ3n) is 10.3. The molecular weight excluding hydrogens is 585 g/mol. The van der Waals surface area contributed by atoms with Gasteiger partial charge in [0.05, 0.1) is 24.1 Å². The Labute approximate surface area is 263 Å². The van der Waals surface area contributed by atoms with E-state index < -0.39 is 11.7 Å². The Morgan fingerprint density at radius 2 is 1.93 bits per heavy atom. The Hall–Kier alpha value is -3.41. The maximum Gasteiger partial charge on any atom is 0.419 e. The van der Waals surface area contributed by atoms with Crippen LogP contribution in [0.1, 0.15) is 86.8 Å². The summed E-state index contributed by atoms with van der Waals surface area (Å²) in [6, 6.07) is 5.14. The van der Waals surface area contributed by atoms with Crippen LogP contribution in [-0.2, 0) is 17.4 Å².